The summed E-state index contributed by atoms with van der Waals surface area (Å²) >= 11 is 0. The van der Waals surface area contributed by atoms with Gasteiger partial charge in [-0.1, -0.05) is 18.2 Å². The Balaban J connectivity index is 1.91. The standard InChI is InChI=1S/C18H18N4O3/c1-3-23-13-7-5-4-6-12(13)14-16(9-19)15(21)22-18(17(14,16)10-20)24-8-11(2)25-18/h4-7,11,14H,3,8H2,1-2H3,(H2,21,22)/t11-,14-,16+,17+,18+/m0/s1. The number of hydrogen-bond acceptors (Lipinski definition) is 7. The fraction of sp³-hybridized carbons (Fsp3) is 0.500. The van der Waals surface area contributed by atoms with E-state index in [4.69, 9.17) is 19.9 Å². The predicted octanol–water partition coefficient (Wildman–Crippen LogP) is 1.66. The van der Waals surface area contributed by atoms with E-state index >= 15 is 0 Å². The van der Waals surface area contributed by atoms with E-state index in [1.807, 2.05) is 38.1 Å². The number of ether oxygens (including phenoxy) is 3. The first-order valence-electron chi connectivity index (χ1n) is 8.24. The van der Waals surface area contributed by atoms with E-state index in [2.05, 4.69) is 17.1 Å². The lowest BCUT2D eigenvalue weighted by atomic mass is 9.93. The number of aliphatic imine (C=N–C) groups is 1. The van der Waals surface area contributed by atoms with E-state index in [0.717, 1.165) is 5.56 Å². The second-order valence-electron chi connectivity index (χ2n) is 6.56. The molecule has 128 valence electrons. The normalized spacial score (nSPS) is 40.9. The summed E-state index contributed by atoms with van der Waals surface area (Å²) in [7, 11) is 0. The van der Waals surface area contributed by atoms with Gasteiger partial charge in [0.25, 0.3) is 5.91 Å². The minimum Gasteiger partial charge on any atom is -0.494 e. The van der Waals surface area contributed by atoms with E-state index in [1.165, 1.54) is 0 Å². The molecule has 2 heterocycles. The fourth-order valence-corrected chi connectivity index (χ4v) is 4.33. The van der Waals surface area contributed by atoms with Crippen LogP contribution >= 0.6 is 0 Å². The molecule has 2 fully saturated rings. The van der Waals surface area contributed by atoms with E-state index in [0.29, 0.717) is 19.0 Å². The molecule has 7 heteroatoms. The summed E-state index contributed by atoms with van der Waals surface area (Å²) < 4.78 is 17.4. The fourth-order valence-electron chi connectivity index (χ4n) is 4.33. The van der Waals surface area contributed by atoms with E-state index in [-0.39, 0.29) is 11.9 Å². The summed E-state index contributed by atoms with van der Waals surface area (Å²) in [4.78, 5) is 4.30. The average Bonchev–Trinajstić information content (AvgIpc) is 2.99. The second-order valence-corrected chi connectivity index (χ2v) is 6.56. The van der Waals surface area contributed by atoms with Crippen molar-refractivity contribution in [3.05, 3.63) is 29.8 Å². The molecule has 5 atom stereocenters. The van der Waals surface area contributed by atoms with Gasteiger partial charge in [0.15, 0.2) is 5.41 Å². The van der Waals surface area contributed by atoms with Crippen LogP contribution in [0.2, 0.25) is 0 Å². The molecule has 1 aliphatic carbocycles. The molecule has 0 radical (unpaired) electrons. The van der Waals surface area contributed by atoms with Crippen LogP contribution in [-0.2, 0) is 9.47 Å². The number of hydrogen-bond donors (Lipinski definition) is 1. The lowest BCUT2D eigenvalue weighted by Crippen LogP contribution is -2.39. The van der Waals surface area contributed by atoms with Crippen molar-refractivity contribution in [2.75, 3.05) is 13.2 Å². The van der Waals surface area contributed by atoms with Crippen LogP contribution in [0.1, 0.15) is 25.3 Å². The first kappa shape index (κ1) is 15.9. The third kappa shape index (κ3) is 1.58. The first-order chi connectivity index (χ1) is 12.0. The molecule has 2 N–H and O–H groups in total. The quantitative estimate of drug-likeness (QED) is 0.896. The third-order valence-corrected chi connectivity index (χ3v) is 5.33. The molecule has 0 aromatic heterocycles. The van der Waals surface area contributed by atoms with Crippen LogP contribution in [0.5, 0.6) is 5.75 Å². The van der Waals surface area contributed by atoms with Crippen molar-refractivity contribution in [3.63, 3.8) is 0 Å². The smallest absolute Gasteiger partial charge is 0.293 e. The molecular formula is C18H18N4O3. The maximum Gasteiger partial charge on any atom is 0.293 e. The maximum atomic E-state index is 10.1. The zero-order valence-corrected chi connectivity index (χ0v) is 14.0. The van der Waals surface area contributed by atoms with E-state index in [9.17, 15) is 10.5 Å². The second kappa shape index (κ2) is 4.95. The van der Waals surface area contributed by atoms with Gasteiger partial charge in [-0.2, -0.15) is 10.5 Å². The van der Waals surface area contributed by atoms with Crippen LogP contribution in [0.25, 0.3) is 0 Å². The van der Waals surface area contributed by atoms with Gasteiger partial charge in [-0.15, -0.1) is 0 Å². The van der Waals surface area contributed by atoms with Gasteiger partial charge in [-0.3, -0.25) is 0 Å². The van der Waals surface area contributed by atoms with Crippen molar-refractivity contribution in [2.45, 2.75) is 31.8 Å². The minimum atomic E-state index is -1.54. The van der Waals surface area contributed by atoms with Crippen molar-refractivity contribution in [1.82, 2.24) is 0 Å². The molecule has 4 rings (SSSR count). The Labute approximate surface area is 145 Å². The number of fused-ring (bicyclic) bond motifs is 2. The Morgan fingerprint density at radius 2 is 2.12 bits per heavy atom. The van der Waals surface area contributed by atoms with Gasteiger partial charge >= 0.3 is 0 Å². The van der Waals surface area contributed by atoms with Gasteiger partial charge in [0.2, 0.25) is 0 Å². The van der Waals surface area contributed by atoms with Crippen molar-refractivity contribution in [1.29, 1.82) is 10.5 Å². The lowest BCUT2D eigenvalue weighted by Gasteiger charge is -2.26. The largest absolute Gasteiger partial charge is 0.494 e. The monoisotopic (exact) mass is 338 g/mol. The van der Waals surface area contributed by atoms with Crippen LogP contribution in [-0.4, -0.2) is 31.1 Å². The van der Waals surface area contributed by atoms with Crippen LogP contribution in [0.15, 0.2) is 29.3 Å². The van der Waals surface area contributed by atoms with Gasteiger partial charge in [-0.25, -0.2) is 4.99 Å². The SMILES string of the molecule is CCOc1ccccc1[C@@H]1[C@@]2(C#N)[C@@]3(N=C(N)[C@@]12C#N)OC[C@H](C)O3. The number of nitrogens with zero attached hydrogens (tertiary/aromatic N) is 3. The molecule has 0 unspecified atom stereocenters. The van der Waals surface area contributed by atoms with E-state index < -0.39 is 22.7 Å². The van der Waals surface area contributed by atoms with E-state index in [1.54, 1.807) is 0 Å². The predicted molar refractivity (Wildman–Crippen MR) is 87.3 cm³/mol. The molecule has 1 aromatic carbocycles. The van der Waals surface area contributed by atoms with Crippen molar-refractivity contribution in [3.8, 4) is 17.9 Å². The molecule has 25 heavy (non-hydrogen) atoms. The molecule has 0 bridgehead atoms. The highest BCUT2D eigenvalue weighted by molar-refractivity contribution is 6.00. The average molecular weight is 338 g/mol. The maximum absolute atomic E-state index is 10.1. The van der Waals surface area contributed by atoms with Crippen LogP contribution in [0, 0.1) is 33.5 Å². The summed E-state index contributed by atoms with van der Waals surface area (Å²) in [5, 5.41) is 20.1. The zero-order valence-electron chi connectivity index (χ0n) is 14.0. The van der Waals surface area contributed by atoms with Crippen molar-refractivity contribution < 1.29 is 14.2 Å². The first-order valence-corrected chi connectivity index (χ1v) is 8.24. The molecule has 3 aliphatic rings. The number of nitrogens with two attached hydrogens (primary N) is 1. The summed E-state index contributed by atoms with van der Waals surface area (Å²) in [6.07, 6.45) is -0.236. The van der Waals surface area contributed by atoms with Crippen LogP contribution in [0.3, 0.4) is 0 Å². The highest BCUT2D eigenvalue weighted by atomic mass is 16.8. The molecule has 1 saturated heterocycles. The topological polar surface area (TPSA) is 114 Å². The number of nitriles is 2. The summed E-state index contributed by atoms with van der Waals surface area (Å²) in [5.41, 5.74) is 4.30. The lowest BCUT2D eigenvalue weighted by molar-refractivity contribution is -0.193. The Bertz CT molecular complexity index is 857. The Morgan fingerprint density at radius 1 is 1.36 bits per heavy atom. The highest BCUT2D eigenvalue weighted by Crippen LogP contribution is 2.83. The molecule has 7 nitrogen and oxygen atoms in total. The molecule has 1 aromatic rings. The van der Waals surface area contributed by atoms with Gasteiger partial charge in [-0.05, 0) is 19.9 Å². The Kier molecular flexibility index (Phi) is 3.15. The summed E-state index contributed by atoms with van der Waals surface area (Å²) in [5.74, 6) is -1.35. The third-order valence-electron chi connectivity index (χ3n) is 5.33. The van der Waals surface area contributed by atoms with Crippen LogP contribution in [0.4, 0.5) is 0 Å². The number of rotatable bonds is 3. The van der Waals surface area contributed by atoms with Gasteiger partial charge in [0.1, 0.15) is 17.0 Å². The number of amidine groups is 1. The molecule has 1 spiro atoms. The molecular weight excluding hydrogens is 320 g/mol. The van der Waals surface area contributed by atoms with Crippen LogP contribution < -0.4 is 10.5 Å². The number of benzene rings is 1. The zero-order chi connectivity index (χ0) is 17.9. The van der Waals surface area contributed by atoms with Crippen molar-refractivity contribution >= 4 is 5.84 Å². The molecule has 1 saturated carbocycles. The Morgan fingerprint density at radius 3 is 2.72 bits per heavy atom. The number of para-hydroxylation sites is 1. The minimum absolute atomic E-state index is 0.0851. The summed E-state index contributed by atoms with van der Waals surface area (Å²) in [6.45, 7) is 4.49. The molecule has 0 amide bonds. The van der Waals surface area contributed by atoms with Gasteiger partial charge in [0.05, 0.1) is 31.5 Å². The van der Waals surface area contributed by atoms with Crippen molar-refractivity contribution in [2.24, 2.45) is 21.6 Å². The van der Waals surface area contributed by atoms with Gasteiger partial charge in [0, 0.05) is 11.5 Å². The Hall–Kier alpha value is -2.61. The van der Waals surface area contributed by atoms with Gasteiger partial charge < -0.3 is 19.9 Å². The summed E-state index contributed by atoms with van der Waals surface area (Å²) in [6, 6.07) is 11.9. The molecule has 2 aliphatic heterocycles. The highest BCUT2D eigenvalue weighted by Gasteiger charge is 2.94.